The molecule has 2 atom stereocenters. The van der Waals surface area contributed by atoms with Crippen molar-refractivity contribution in [1.29, 1.82) is 0 Å². The van der Waals surface area contributed by atoms with Crippen molar-refractivity contribution in [3.05, 3.63) is 180 Å². The van der Waals surface area contributed by atoms with E-state index in [4.69, 9.17) is 17.0 Å². The second-order valence-corrected chi connectivity index (χ2v) is 20.9. The zero-order valence-corrected chi connectivity index (χ0v) is 41.1. The molecular weight excluding hydrogens is 863 g/mol. The molecule has 9 rings (SSSR count). The summed E-state index contributed by atoms with van der Waals surface area (Å²) in [5.74, 6) is 1.19. The normalized spacial score (nSPS) is 12.2. The van der Waals surface area contributed by atoms with Gasteiger partial charge < -0.3 is 0 Å². The predicted molar refractivity (Wildman–Crippen MR) is 263 cm³/mol. The fourth-order valence-corrected chi connectivity index (χ4v) is 9.75. The molecule has 60 heavy (non-hydrogen) atoms. The summed E-state index contributed by atoms with van der Waals surface area (Å²) < 4.78 is 0. The number of aryl methyl sites for hydroxylation is 2. The van der Waals surface area contributed by atoms with Gasteiger partial charge in [-0.1, -0.05) is 161 Å². The van der Waals surface area contributed by atoms with E-state index in [1.807, 2.05) is 6.07 Å². The molecule has 0 N–H and O–H groups in total. The van der Waals surface area contributed by atoms with Crippen LogP contribution in [0.25, 0.3) is 54.9 Å². The SMILES string of the molecule is CCCc1cc2c(-c3ccccc3C(C)CC)cccc2[cH-]1.CCCc1cc2c(-c3ccccc3C(C)CC)cccc2[cH-]1.[Cl][Zr][Cl].[c-]1cccc2c1[Si]c1ccccc1-2. The molecule has 1 heterocycles. The van der Waals surface area contributed by atoms with Crippen LogP contribution in [-0.4, -0.2) is 9.52 Å². The topological polar surface area (TPSA) is 0 Å². The minimum absolute atomic E-state index is 0.594. The smallest absolute Gasteiger partial charge is 0.0920 e. The fourth-order valence-electron chi connectivity index (χ4n) is 8.44. The van der Waals surface area contributed by atoms with Crippen molar-refractivity contribution >= 4 is 58.5 Å². The second-order valence-electron chi connectivity index (χ2n) is 15.8. The first-order valence-electron chi connectivity index (χ1n) is 21.7. The molecule has 1 aliphatic rings. The molecule has 0 saturated heterocycles. The van der Waals surface area contributed by atoms with Crippen LogP contribution in [0.1, 0.15) is 101 Å². The Morgan fingerprint density at radius 2 is 0.967 bits per heavy atom. The number of benzene rings is 6. The number of fused-ring (bicyclic) bond motifs is 5. The quantitative estimate of drug-likeness (QED) is 0.0947. The first-order chi connectivity index (χ1) is 29.3. The van der Waals surface area contributed by atoms with Crippen LogP contribution in [0.5, 0.6) is 0 Å². The van der Waals surface area contributed by atoms with Crippen LogP contribution < -0.4 is 10.4 Å². The van der Waals surface area contributed by atoms with Crippen LogP contribution in [0, 0.1) is 6.07 Å². The molecule has 0 bridgehead atoms. The molecule has 0 fully saturated rings. The summed E-state index contributed by atoms with van der Waals surface area (Å²) in [6.45, 7) is 13.7. The van der Waals surface area contributed by atoms with Crippen molar-refractivity contribution in [1.82, 2.24) is 0 Å². The molecule has 2 radical (unpaired) electrons. The minimum Gasteiger partial charge on any atom is -0.184 e. The van der Waals surface area contributed by atoms with Crippen molar-refractivity contribution in [2.24, 2.45) is 0 Å². The first kappa shape index (κ1) is 45.7. The fraction of sp³-hybridized carbons (Fsp3) is 0.250. The van der Waals surface area contributed by atoms with Crippen LogP contribution in [-0.2, 0) is 33.7 Å². The van der Waals surface area contributed by atoms with Gasteiger partial charge in [0.1, 0.15) is 0 Å². The Morgan fingerprint density at radius 3 is 1.45 bits per heavy atom. The van der Waals surface area contributed by atoms with Gasteiger partial charge in [-0.05, 0) is 59.8 Å². The van der Waals surface area contributed by atoms with Gasteiger partial charge in [0.05, 0.1) is 9.52 Å². The molecule has 306 valence electrons. The van der Waals surface area contributed by atoms with Gasteiger partial charge in [-0.15, -0.1) is 74.6 Å². The zero-order chi connectivity index (χ0) is 42.4. The summed E-state index contributed by atoms with van der Waals surface area (Å²) in [7, 11) is 10.7. The molecule has 4 heteroatoms. The van der Waals surface area contributed by atoms with Gasteiger partial charge in [-0.3, -0.25) is 0 Å². The maximum atomic E-state index is 4.93. The van der Waals surface area contributed by atoms with Crippen LogP contribution in [0.2, 0.25) is 0 Å². The van der Waals surface area contributed by atoms with E-state index in [1.54, 1.807) is 0 Å². The Bertz CT molecular complexity index is 2400. The van der Waals surface area contributed by atoms with Crippen molar-refractivity contribution in [3.8, 4) is 33.4 Å². The average Bonchev–Trinajstić information content (AvgIpc) is 4.01. The van der Waals surface area contributed by atoms with Gasteiger partial charge in [0.15, 0.2) is 0 Å². The Balaban J connectivity index is 0.000000150. The maximum Gasteiger partial charge on any atom is 0.0920 e. The van der Waals surface area contributed by atoms with Crippen molar-refractivity contribution < 1.29 is 20.8 Å². The second kappa shape index (κ2) is 22.9. The van der Waals surface area contributed by atoms with Crippen molar-refractivity contribution in [3.63, 3.8) is 0 Å². The predicted octanol–water partition coefficient (Wildman–Crippen LogP) is 15.9. The van der Waals surface area contributed by atoms with Crippen LogP contribution >= 0.6 is 17.0 Å². The van der Waals surface area contributed by atoms with Gasteiger partial charge >= 0.3 is 37.9 Å². The van der Waals surface area contributed by atoms with E-state index in [2.05, 4.69) is 193 Å². The molecule has 0 nitrogen and oxygen atoms in total. The molecule has 2 unspecified atom stereocenters. The maximum absolute atomic E-state index is 4.93. The van der Waals surface area contributed by atoms with E-state index >= 15 is 0 Å². The van der Waals surface area contributed by atoms with Gasteiger partial charge in [0.2, 0.25) is 0 Å². The third kappa shape index (κ3) is 11.0. The van der Waals surface area contributed by atoms with E-state index in [-0.39, 0.29) is 0 Å². The summed E-state index contributed by atoms with van der Waals surface area (Å²) in [4.78, 5) is 0. The van der Waals surface area contributed by atoms with E-state index in [0.717, 1.165) is 9.52 Å². The number of hydrogen-bond donors (Lipinski definition) is 0. The van der Waals surface area contributed by atoms with Crippen LogP contribution in [0.3, 0.4) is 0 Å². The molecule has 0 saturated carbocycles. The minimum atomic E-state index is -0.826. The van der Waals surface area contributed by atoms with Crippen LogP contribution in [0.15, 0.2) is 152 Å². The number of hydrogen-bond acceptors (Lipinski definition) is 0. The van der Waals surface area contributed by atoms with Crippen molar-refractivity contribution in [2.45, 2.75) is 91.9 Å². The van der Waals surface area contributed by atoms with E-state index < -0.39 is 20.8 Å². The van der Waals surface area contributed by atoms with E-state index in [0.29, 0.717) is 11.8 Å². The molecule has 0 aromatic heterocycles. The molecule has 8 aromatic carbocycles. The van der Waals surface area contributed by atoms with Crippen LogP contribution in [0.4, 0.5) is 0 Å². The molecule has 0 aliphatic carbocycles. The summed E-state index contributed by atoms with van der Waals surface area (Å²) in [6, 6.07) is 58.9. The summed E-state index contributed by atoms with van der Waals surface area (Å²) in [5, 5.41) is 8.38. The van der Waals surface area contributed by atoms with Gasteiger partial charge in [0, 0.05) is 0 Å². The van der Waals surface area contributed by atoms with Gasteiger partial charge in [0.25, 0.3) is 0 Å². The van der Waals surface area contributed by atoms with E-state index in [1.165, 1.54) is 126 Å². The Hall–Kier alpha value is -3.78. The molecule has 8 aromatic rings. The largest absolute Gasteiger partial charge is 0.184 e. The van der Waals surface area contributed by atoms with Gasteiger partial charge in [-0.2, -0.15) is 41.6 Å². The first-order valence-corrected chi connectivity index (χ1v) is 29.1. The molecule has 0 amide bonds. The molecule has 0 spiro atoms. The number of halogens is 2. The van der Waals surface area contributed by atoms with Gasteiger partial charge in [-0.25, -0.2) is 0 Å². The standard InChI is InChI=1S/2C22H25.C12H7Si.2ClH.Zr/c2*1-4-9-17-14-18-10-8-13-21(22(18)15-17)20-12-7-6-11-19(20)16(3)5-2;1-3-7-11-9(5-1)10-6-2-4-8-12(10)13-11;;;/h2*6-8,10-16H,4-5,9H2,1-3H3;1-7H;2*1H;/q3*-1;;;+2/p-2. The Kier molecular flexibility index (Phi) is 17.4. The summed E-state index contributed by atoms with van der Waals surface area (Å²) >= 11 is -0.826. The Labute approximate surface area is 381 Å². The van der Waals surface area contributed by atoms with Crippen molar-refractivity contribution in [2.75, 3.05) is 0 Å². The molecular formula is C56H57Cl2SiZr-3. The van der Waals surface area contributed by atoms with E-state index in [9.17, 15) is 0 Å². The average molecular weight is 920 g/mol. The Morgan fingerprint density at radius 1 is 0.533 bits per heavy atom. The zero-order valence-electron chi connectivity index (χ0n) is 36.1. The molecule has 1 aliphatic heterocycles. The summed E-state index contributed by atoms with van der Waals surface area (Å²) in [6.07, 6.45) is 7.09. The summed E-state index contributed by atoms with van der Waals surface area (Å²) in [5.41, 5.74) is 14.2. The third-order valence-electron chi connectivity index (χ3n) is 11.8. The third-order valence-corrected chi connectivity index (χ3v) is 13.2. The monoisotopic (exact) mass is 917 g/mol. The number of rotatable bonds is 10.